The third-order valence-corrected chi connectivity index (χ3v) is 3.09. The average molecular weight is 243 g/mol. The van der Waals surface area contributed by atoms with E-state index in [1.54, 1.807) is 0 Å². The molecular weight excluding hydrogens is 214 g/mol. The summed E-state index contributed by atoms with van der Waals surface area (Å²) in [6, 6.07) is 0.407. The predicted molar refractivity (Wildman–Crippen MR) is 72.1 cm³/mol. The summed E-state index contributed by atoms with van der Waals surface area (Å²) in [6.07, 6.45) is 7.74. The Labute approximate surface area is 107 Å². The van der Waals surface area contributed by atoms with Gasteiger partial charge in [0.15, 0.2) is 0 Å². The number of nitrogens with zero attached hydrogens (tertiary/aromatic N) is 1. The van der Waals surface area contributed by atoms with Crippen molar-refractivity contribution in [2.45, 2.75) is 65.3 Å². The Morgan fingerprint density at radius 3 is 2.24 bits per heavy atom. The molecule has 3 nitrogen and oxygen atoms in total. The maximum Gasteiger partial charge on any atom is 0.319 e. The first-order chi connectivity index (χ1) is 8.11. The van der Waals surface area contributed by atoms with Gasteiger partial charge in [-0.15, -0.1) is 0 Å². The van der Waals surface area contributed by atoms with E-state index in [9.17, 15) is 4.79 Å². The first-order valence-electron chi connectivity index (χ1n) is 6.92. The molecule has 0 aromatic heterocycles. The quantitative estimate of drug-likeness (QED) is 0.436. The van der Waals surface area contributed by atoms with E-state index in [2.05, 4.69) is 25.7 Å². The molecule has 17 heavy (non-hydrogen) atoms. The summed E-state index contributed by atoms with van der Waals surface area (Å²) in [5, 5.41) is 0. The van der Waals surface area contributed by atoms with Gasteiger partial charge >= 0.3 is 5.97 Å². The topological polar surface area (TPSA) is 29.5 Å². The number of hydrogen-bond acceptors (Lipinski definition) is 3. The third-order valence-electron chi connectivity index (χ3n) is 3.09. The van der Waals surface area contributed by atoms with Crippen LogP contribution in [0.15, 0.2) is 0 Å². The third kappa shape index (κ3) is 9.16. The molecule has 0 aliphatic carbocycles. The Bertz CT molecular complexity index is 193. The van der Waals surface area contributed by atoms with E-state index >= 15 is 0 Å². The number of unbranched alkanes of at least 4 members (excludes halogenated alkanes) is 5. The summed E-state index contributed by atoms with van der Waals surface area (Å²) in [4.78, 5) is 13.4. The highest BCUT2D eigenvalue weighted by Gasteiger charge is 2.13. The predicted octanol–water partition coefficient (Wildman–Crippen LogP) is 3.23. The van der Waals surface area contributed by atoms with Crippen LogP contribution >= 0.6 is 0 Å². The van der Waals surface area contributed by atoms with Crippen LogP contribution in [0.4, 0.5) is 0 Å². The van der Waals surface area contributed by atoms with Gasteiger partial charge in [-0.25, -0.2) is 0 Å². The minimum atomic E-state index is -0.135. The molecular formula is C14H29NO2. The first kappa shape index (κ1) is 16.4. The molecule has 0 radical (unpaired) electrons. The van der Waals surface area contributed by atoms with Gasteiger partial charge in [-0.3, -0.25) is 9.69 Å². The summed E-state index contributed by atoms with van der Waals surface area (Å²) in [6.45, 7) is 7.90. The Morgan fingerprint density at radius 2 is 1.71 bits per heavy atom. The lowest BCUT2D eigenvalue weighted by molar-refractivity contribution is -0.142. The van der Waals surface area contributed by atoms with Crippen LogP contribution in [-0.2, 0) is 9.53 Å². The smallest absolute Gasteiger partial charge is 0.319 e. The number of carbonyl (C=O) groups excluding carboxylic acids is 1. The number of hydrogen-bond donors (Lipinski definition) is 0. The van der Waals surface area contributed by atoms with Crippen molar-refractivity contribution >= 4 is 5.97 Å². The minimum Gasteiger partial charge on any atom is -0.468 e. The van der Waals surface area contributed by atoms with Crippen LogP contribution in [0.2, 0.25) is 0 Å². The molecule has 0 fully saturated rings. The zero-order valence-corrected chi connectivity index (χ0v) is 12.0. The van der Waals surface area contributed by atoms with Crippen molar-refractivity contribution < 1.29 is 9.53 Å². The second-order valence-electron chi connectivity index (χ2n) is 4.91. The molecule has 0 heterocycles. The standard InChI is InChI=1S/C14H29NO2/c1-5-6-7-8-9-10-11-15(13(2)3)12-14(16)17-4/h13H,5-12H2,1-4H3. The fraction of sp³-hybridized carbons (Fsp3) is 0.929. The number of rotatable bonds is 10. The zero-order valence-electron chi connectivity index (χ0n) is 12.0. The first-order valence-corrected chi connectivity index (χ1v) is 6.92. The normalized spacial score (nSPS) is 11.2. The van der Waals surface area contributed by atoms with Gasteiger partial charge in [0.25, 0.3) is 0 Å². The fourth-order valence-electron chi connectivity index (χ4n) is 1.85. The van der Waals surface area contributed by atoms with Crippen LogP contribution in [0.25, 0.3) is 0 Å². The molecule has 0 aromatic rings. The lowest BCUT2D eigenvalue weighted by Gasteiger charge is -2.24. The molecule has 0 aromatic carbocycles. The Hall–Kier alpha value is -0.570. The molecule has 0 saturated heterocycles. The van der Waals surface area contributed by atoms with Gasteiger partial charge in [-0.1, -0.05) is 39.0 Å². The molecule has 0 saturated carbocycles. The summed E-state index contributed by atoms with van der Waals surface area (Å²) in [5.74, 6) is -0.135. The highest BCUT2D eigenvalue weighted by molar-refractivity contribution is 5.71. The largest absolute Gasteiger partial charge is 0.468 e. The molecule has 0 bridgehead atoms. The lowest BCUT2D eigenvalue weighted by Crippen LogP contribution is -2.36. The minimum absolute atomic E-state index is 0.135. The van der Waals surface area contributed by atoms with Crippen molar-refractivity contribution in [3.8, 4) is 0 Å². The van der Waals surface area contributed by atoms with Gasteiger partial charge < -0.3 is 4.74 Å². The van der Waals surface area contributed by atoms with Crippen molar-refractivity contribution in [1.82, 2.24) is 4.90 Å². The van der Waals surface area contributed by atoms with E-state index in [0.29, 0.717) is 12.6 Å². The van der Waals surface area contributed by atoms with Crippen molar-refractivity contribution in [2.75, 3.05) is 20.2 Å². The van der Waals surface area contributed by atoms with E-state index in [-0.39, 0.29) is 5.97 Å². The van der Waals surface area contributed by atoms with Crippen molar-refractivity contribution in [3.05, 3.63) is 0 Å². The number of ether oxygens (including phenoxy) is 1. The molecule has 0 amide bonds. The van der Waals surface area contributed by atoms with Crippen LogP contribution in [0.5, 0.6) is 0 Å². The number of carbonyl (C=O) groups is 1. The van der Waals surface area contributed by atoms with Gasteiger partial charge in [0, 0.05) is 6.04 Å². The zero-order chi connectivity index (χ0) is 13.1. The monoisotopic (exact) mass is 243 g/mol. The number of methoxy groups -OCH3 is 1. The van der Waals surface area contributed by atoms with E-state index in [1.165, 1.54) is 45.6 Å². The summed E-state index contributed by atoms with van der Waals surface area (Å²) < 4.78 is 4.71. The molecule has 0 N–H and O–H groups in total. The Morgan fingerprint density at radius 1 is 1.12 bits per heavy atom. The molecule has 0 aliphatic rings. The number of esters is 1. The fourth-order valence-corrected chi connectivity index (χ4v) is 1.85. The van der Waals surface area contributed by atoms with Gasteiger partial charge in [-0.2, -0.15) is 0 Å². The van der Waals surface area contributed by atoms with E-state index < -0.39 is 0 Å². The summed E-state index contributed by atoms with van der Waals surface area (Å²) in [7, 11) is 1.45. The van der Waals surface area contributed by atoms with Crippen LogP contribution in [0, 0.1) is 0 Å². The lowest BCUT2D eigenvalue weighted by atomic mass is 10.1. The molecule has 0 rings (SSSR count). The molecule has 0 aliphatic heterocycles. The van der Waals surface area contributed by atoms with Crippen LogP contribution in [0.3, 0.4) is 0 Å². The second-order valence-corrected chi connectivity index (χ2v) is 4.91. The highest BCUT2D eigenvalue weighted by atomic mass is 16.5. The van der Waals surface area contributed by atoms with Crippen LogP contribution < -0.4 is 0 Å². The van der Waals surface area contributed by atoms with Gasteiger partial charge in [0.1, 0.15) is 0 Å². The second kappa shape index (κ2) is 10.6. The van der Waals surface area contributed by atoms with Crippen molar-refractivity contribution in [3.63, 3.8) is 0 Å². The SMILES string of the molecule is CCCCCCCCN(CC(=O)OC)C(C)C. The van der Waals surface area contributed by atoms with E-state index in [4.69, 9.17) is 4.74 Å². The van der Waals surface area contributed by atoms with E-state index in [0.717, 1.165) is 6.54 Å². The summed E-state index contributed by atoms with van der Waals surface area (Å²) >= 11 is 0. The van der Waals surface area contributed by atoms with Crippen LogP contribution in [-0.4, -0.2) is 37.1 Å². The van der Waals surface area contributed by atoms with Gasteiger partial charge in [0.2, 0.25) is 0 Å². The van der Waals surface area contributed by atoms with Crippen LogP contribution in [0.1, 0.15) is 59.3 Å². The summed E-state index contributed by atoms with van der Waals surface area (Å²) in [5.41, 5.74) is 0. The Kier molecular flexibility index (Phi) is 10.2. The maximum atomic E-state index is 11.2. The highest BCUT2D eigenvalue weighted by Crippen LogP contribution is 2.07. The van der Waals surface area contributed by atoms with Crippen molar-refractivity contribution in [1.29, 1.82) is 0 Å². The molecule has 0 spiro atoms. The van der Waals surface area contributed by atoms with Gasteiger partial charge in [-0.05, 0) is 26.8 Å². The maximum absolute atomic E-state index is 11.2. The van der Waals surface area contributed by atoms with Gasteiger partial charge in [0.05, 0.1) is 13.7 Å². The molecule has 0 unspecified atom stereocenters. The average Bonchev–Trinajstić information content (AvgIpc) is 2.31. The van der Waals surface area contributed by atoms with Crippen molar-refractivity contribution in [2.24, 2.45) is 0 Å². The molecule has 3 heteroatoms. The van der Waals surface area contributed by atoms with E-state index in [1.807, 2.05) is 0 Å². The molecule has 0 atom stereocenters. The Balaban J connectivity index is 3.67. The molecule has 102 valence electrons.